The van der Waals surface area contributed by atoms with Crippen LogP contribution in [-0.2, 0) is 24.3 Å². The van der Waals surface area contributed by atoms with Crippen molar-refractivity contribution in [3.05, 3.63) is 72.6 Å². The molecule has 3 rings (SSSR count). The second kappa shape index (κ2) is 9.14. The van der Waals surface area contributed by atoms with Crippen LogP contribution in [0.1, 0.15) is 18.2 Å². The number of nitrogens with one attached hydrogen (secondary N) is 1. The number of hydrogen-bond donors (Lipinski definition) is 2. The average molecular weight is 366 g/mol. The molecular weight excluding hydrogens is 340 g/mol. The Morgan fingerprint density at radius 3 is 2.81 bits per heavy atom. The maximum Gasteiger partial charge on any atom is 0.237 e. The number of nitrogens with two attached hydrogens (primary N) is 1. The molecule has 0 bridgehead atoms. The van der Waals surface area contributed by atoms with Crippen molar-refractivity contribution in [2.24, 2.45) is 11.7 Å². The molecule has 0 saturated heterocycles. The van der Waals surface area contributed by atoms with E-state index in [1.165, 1.54) is 5.56 Å². The number of benzene rings is 1. The predicted octanol–water partition coefficient (Wildman–Crippen LogP) is 1.45. The maximum atomic E-state index is 12.3. The summed E-state index contributed by atoms with van der Waals surface area (Å²) in [5.74, 6) is 0.117. The van der Waals surface area contributed by atoms with Gasteiger partial charge in [-0.15, -0.1) is 0 Å². The van der Waals surface area contributed by atoms with Crippen molar-refractivity contribution in [3.8, 4) is 0 Å². The van der Waals surface area contributed by atoms with Gasteiger partial charge in [0.1, 0.15) is 0 Å². The fraction of sp³-hybridized carbons (Fsp3) is 0.350. The first-order valence-corrected chi connectivity index (χ1v) is 9.15. The minimum Gasteiger partial charge on any atom is -0.354 e. The lowest BCUT2D eigenvalue weighted by Crippen LogP contribution is -2.43. The fourth-order valence-electron chi connectivity index (χ4n) is 2.91. The largest absolute Gasteiger partial charge is 0.354 e. The number of amides is 1. The van der Waals surface area contributed by atoms with Crippen LogP contribution in [0.15, 0.2) is 61.3 Å². The van der Waals surface area contributed by atoms with Gasteiger partial charge < -0.3 is 15.6 Å². The van der Waals surface area contributed by atoms with E-state index in [0.717, 1.165) is 18.8 Å². The number of carbonyl (C=O) groups is 1. The molecule has 2 atom stereocenters. The molecule has 2 heterocycles. The van der Waals surface area contributed by atoms with Crippen LogP contribution in [0.2, 0.25) is 0 Å². The van der Waals surface area contributed by atoms with Crippen molar-refractivity contribution >= 4 is 5.91 Å². The number of imidazole rings is 1. The Hall–Kier alpha value is -2.93. The van der Waals surface area contributed by atoms with E-state index < -0.39 is 6.04 Å². The number of carbonyl (C=O) groups excluding carboxylic acids is 1. The molecule has 0 aliphatic carbocycles. The lowest BCUT2D eigenvalue weighted by atomic mass is 10.1. The SMILES string of the molecule is CC(CNC(=O)[C@@H](N)Cc1cn(Cc2ccccc2)cn1)Cn1cccn1. The molecule has 27 heavy (non-hydrogen) atoms. The van der Waals surface area contributed by atoms with E-state index >= 15 is 0 Å². The zero-order valence-electron chi connectivity index (χ0n) is 15.5. The average Bonchev–Trinajstić information content (AvgIpc) is 3.32. The molecule has 0 aliphatic heterocycles. The van der Waals surface area contributed by atoms with Gasteiger partial charge >= 0.3 is 0 Å². The Balaban J connectivity index is 1.44. The van der Waals surface area contributed by atoms with Crippen LogP contribution in [0.4, 0.5) is 0 Å². The molecule has 3 aromatic rings. The molecule has 1 amide bonds. The third kappa shape index (κ3) is 5.79. The van der Waals surface area contributed by atoms with E-state index in [4.69, 9.17) is 5.73 Å². The molecule has 7 nitrogen and oxygen atoms in total. The van der Waals surface area contributed by atoms with Gasteiger partial charge in [0.2, 0.25) is 5.91 Å². The zero-order valence-corrected chi connectivity index (χ0v) is 15.5. The van der Waals surface area contributed by atoms with Crippen molar-refractivity contribution in [3.63, 3.8) is 0 Å². The van der Waals surface area contributed by atoms with Crippen LogP contribution in [0.25, 0.3) is 0 Å². The summed E-state index contributed by atoms with van der Waals surface area (Å²) in [5, 5.41) is 7.10. The van der Waals surface area contributed by atoms with Crippen LogP contribution in [-0.4, -0.2) is 37.8 Å². The van der Waals surface area contributed by atoms with E-state index in [1.807, 2.05) is 45.9 Å². The van der Waals surface area contributed by atoms with Gasteiger partial charge in [-0.25, -0.2) is 4.98 Å². The molecule has 0 saturated carbocycles. The van der Waals surface area contributed by atoms with Gasteiger partial charge in [0.25, 0.3) is 0 Å². The maximum absolute atomic E-state index is 12.3. The third-order valence-electron chi connectivity index (χ3n) is 4.34. The lowest BCUT2D eigenvalue weighted by molar-refractivity contribution is -0.122. The zero-order chi connectivity index (χ0) is 19.1. The summed E-state index contributed by atoms with van der Waals surface area (Å²) >= 11 is 0. The highest BCUT2D eigenvalue weighted by Crippen LogP contribution is 2.06. The highest BCUT2D eigenvalue weighted by atomic mass is 16.2. The molecule has 3 N–H and O–H groups in total. The Morgan fingerprint density at radius 1 is 1.26 bits per heavy atom. The predicted molar refractivity (Wildman–Crippen MR) is 104 cm³/mol. The van der Waals surface area contributed by atoms with E-state index in [2.05, 4.69) is 34.5 Å². The number of nitrogens with zero attached hydrogens (tertiary/aromatic N) is 4. The molecule has 7 heteroatoms. The molecule has 1 aromatic carbocycles. The summed E-state index contributed by atoms with van der Waals surface area (Å²) in [7, 11) is 0. The van der Waals surface area contributed by atoms with Crippen LogP contribution < -0.4 is 11.1 Å². The highest BCUT2D eigenvalue weighted by molar-refractivity contribution is 5.81. The monoisotopic (exact) mass is 366 g/mol. The van der Waals surface area contributed by atoms with Crippen LogP contribution in [0.3, 0.4) is 0 Å². The fourth-order valence-corrected chi connectivity index (χ4v) is 2.91. The second-order valence-corrected chi connectivity index (χ2v) is 6.91. The minimum absolute atomic E-state index is 0.153. The Kier molecular flexibility index (Phi) is 6.38. The summed E-state index contributed by atoms with van der Waals surface area (Å²) in [5.41, 5.74) is 8.08. The smallest absolute Gasteiger partial charge is 0.237 e. The standard InChI is InChI=1S/C20H26N6O/c1-16(12-26-9-5-8-24-26)11-22-20(27)19(21)10-18-14-25(15-23-18)13-17-6-3-2-4-7-17/h2-9,14-16,19H,10-13,21H2,1H3,(H,22,27)/t16?,19-/m0/s1. The highest BCUT2D eigenvalue weighted by Gasteiger charge is 2.16. The molecular formula is C20H26N6O. The van der Waals surface area contributed by atoms with E-state index in [9.17, 15) is 4.79 Å². The molecule has 142 valence electrons. The van der Waals surface area contributed by atoms with Crippen LogP contribution in [0.5, 0.6) is 0 Å². The third-order valence-corrected chi connectivity index (χ3v) is 4.34. The quantitative estimate of drug-likeness (QED) is 0.600. The van der Waals surface area contributed by atoms with Crippen molar-refractivity contribution < 1.29 is 4.79 Å². The molecule has 0 aliphatic rings. The number of hydrogen-bond acceptors (Lipinski definition) is 4. The van der Waals surface area contributed by atoms with Crippen LogP contribution >= 0.6 is 0 Å². The van der Waals surface area contributed by atoms with Crippen molar-refractivity contribution in [2.75, 3.05) is 6.54 Å². The van der Waals surface area contributed by atoms with Gasteiger partial charge in [0.15, 0.2) is 0 Å². The van der Waals surface area contributed by atoms with Crippen LogP contribution in [0, 0.1) is 5.92 Å². The summed E-state index contributed by atoms with van der Waals surface area (Å²) in [6.07, 6.45) is 7.80. The summed E-state index contributed by atoms with van der Waals surface area (Å²) < 4.78 is 3.86. The van der Waals surface area contributed by atoms with Gasteiger partial charge in [-0.1, -0.05) is 37.3 Å². The Morgan fingerprint density at radius 2 is 2.07 bits per heavy atom. The van der Waals surface area contributed by atoms with E-state index in [0.29, 0.717) is 13.0 Å². The van der Waals surface area contributed by atoms with Crippen molar-refractivity contribution in [1.82, 2.24) is 24.6 Å². The Bertz CT molecular complexity index is 827. The molecule has 0 fully saturated rings. The van der Waals surface area contributed by atoms with Crippen molar-refractivity contribution in [2.45, 2.75) is 32.5 Å². The number of rotatable bonds is 9. The first-order valence-electron chi connectivity index (χ1n) is 9.15. The van der Waals surface area contributed by atoms with Crippen molar-refractivity contribution in [1.29, 1.82) is 0 Å². The summed E-state index contributed by atoms with van der Waals surface area (Å²) in [6, 6.07) is 11.4. The Labute approximate surface area is 159 Å². The van der Waals surface area contributed by atoms with Gasteiger partial charge in [-0.3, -0.25) is 9.48 Å². The van der Waals surface area contributed by atoms with Gasteiger partial charge in [-0.2, -0.15) is 5.10 Å². The van der Waals surface area contributed by atoms with E-state index in [1.54, 1.807) is 12.5 Å². The molecule has 2 aromatic heterocycles. The molecule has 0 radical (unpaired) electrons. The van der Waals surface area contributed by atoms with E-state index in [-0.39, 0.29) is 11.8 Å². The molecule has 1 unspecified atom stereocenters. The summed E-state index contributed by atoms with van der Waals surface area (Å²) in [4.78, 5) is 16.6. The minimum atomic E-state index is -0.609. The first-order chi connectivity index (χ1) is 13.1. The number of aromatic nitrogens is 4. The van der Waals surface area contributed by atoms with Gasteiger partial charge in [0, 0.05) is 44.6 Å². The van der Waals surface area contributed by atoms with Gasteiger partial charge in [0.05, 0.1) is 18.1 Å². The lowest BCUT2D eigenvalue weighted by Gasteiger charge is -2.15. The molecule has 0 spiro atoms. The van der Waals surface area contributed by atoms with Gasteiger partial charge in [-0.05, 0) is 17.5 Å². The summed E-state index contributed by atoms with van der Waals surface area (Å²) in [6.45, 7) is 4.14. The second-order valence-electron chi connectivity index (χ2n) is 6.91. The topological polar surface area (TPSA) is 90.8 Å². The normalized spacial score (nSPS) is 13.3. The first kappa shape index (κ1) is 18.8.